The number of aromatic carboxylic acids is 1. The average Bonchev–Trinajstić information content (AvgIpc) is 3.38. The van der Waals surface area contributed by atoms with Crippen molar-refractivity contribution in [3.05, 3.63) is 53.6 Å². The topological polar surface area (TPSA) is 69.6 Å². The number of carbonyl (C=O) groups excluding carboxylic acids is 1. The number of nitrogens with zero attached hydrogens (tertiary/aromatic N) is 1. The maximum Gasteiger partial charge on any atom is 0.335 e. The Morgan fingerprint density at radius 3 is 2.14 bits per heavy atom. The maximum absolute atomic E-state index is 13.6. The van der Waals surface area contributed by atoms with E-state index in [2.05, 4.69) is 66.4 Å². The first-order valence-electron chi connectivity index (χ1n) is 18.8. The zero-order valence-electron chi connectivity index (χ0n) is 30.9. The van der Waals surface area contributed by atoms with Crippen molar-refractivity contribution in [1.82, 2.24) is 10.2 Å². The van der Waals surface area contributed by atoms with Gasteiger partial charge in [0.05, 0.1) is 25.2 Å². The largest absolute Gasteiger partial charge is 0.478 e. The molecule has 4 unspecified atom stereocenters. The Balaban J connectivity index is 1.20. The molecule has 0 radical (unpaired) electrons. The molecule has 9 atom stereocenters. The van der Waals surface area contributed by atoms with Crippen LogP contribution in [0.3, 0.4) is 0 Å². The van der Waals surface area contributed by atoms with Crippen molar-refractivity contribution < 1.29 is 23.5 Å². The van der Waals surface area contributed by atoms with Crippen LogP contribution in [0.2, 0.25) is 0 Å². The quantitative estimate of drug-likeness (QED) is 0.295. The molecule has 1 saturated heterocycles. The Morgan fingerprint density at radius 2 is 1.53 bits per heavy atom. The summed E-state index contributed by atoms with van der Waals surface area (Å²) in [6.07, 6.45) is 12.0. The van der Waals surface area contributed by atoms with Crippen molar-refractivity contribution in [2.24, 2.45) is 50.7 Å². The van der Waals surface area contributed by atoms with Gasteiger partial charge in [-0.05, 0) is 139 Å². The smallest absolute Gasteiger partial charge is 0.335 e. The van der Waals surface area contributed by atoms with Crippen molar-refractivity contribution in [3.63, 3.8) is 0 Å². The van der Waals surface area contributed by atoms with Crippen LogP contribution in [0.5, 0.6) is 0 Å². The number of nitrogens with one attached hydrogen (secondary N) is 1. The maximum atomic E-state index is 13.6. The van der Waals surface area contributed by atoms with Crippen LogP contribution in [0.25, 0.3) is 5.57 Å². The fourth-order valence-corrected chi connectivity index (χ4v) is 14.1. The Bertz CT molecular complexity index is 1590. The van der Waals surface area contributed by atoms with E-state index in [1.165, 1.54) is 17.6 Å². The molecule has 0 spiro atoms. The van der Waals surface area contributed by atoms with Crippen LogP contribution in [0, 0.1) is 50.7 Å². The highest BCUT2D eigenvalue weighted by atomic mass is 19.3. The van der Waals surface area contributed by atoms with E-state index in [1.54, 1.807) is 17.0 Å². The fourth-order valence-electron chi connectivity index (χ4n) is 14.1. The molecule has 1 heterocycles. The molecule has 1 aromatic rings. The summed E-state index contributed by atoms with van der Waals surface area (Å²) in [5, 5.41) is 13.0. The van der Waals surface area contributed by atoms with E-state index in [9.17, 15) is 23.5 Å². The highest BCUT2D eigenvalue weighted by Gasteiger charge is 2.74. The predicted molar refractivity (Wildman–Crippen MR) is 190 cm³/mol. The van der Waals surface area contributed by atoms with Crippen LogP contribution >= 0.6 is 0 Å². The summed E-state index contributed by atoms with van der Waals surface area (Å²) in [7, 11) is 0. The molecule has 1 aromatic carbocycles. The first kappa shape index (κ1) is 34.9. The Hall–Kier alpha value is -2.54. The number of amides is 1. The summed E-state index contributed by atoms with van der Waals surface area (Å²) >= 11 is 0. The van der Waals surface area contributed by atoms with Crippen LogP contribution < -0.4 is 5.32 Å². The third-order valence-electron chi connectivity index (χ3n) is 16.5. The molecule has 1 amide bonds. The summed E-state index contributed by atoms with van der Waals surface area (Å²) in [5.74, 6) is -2.01. The Morgan fingerprint density at radius 1 is 0.898 bits per heavy atom. The van der Waals surface area contributed by atoms with Crippen molar-refractivity contribution in [2.45, 2.75) is 118 Å². The van der Waals surface area contributed by atoms with Crippen LogP contribution in [-0.2, 0) is 4.79 Å². The molecule has 0 bridgehead atoms. The lowest BCUT2D eigenvalue weighted by Gasteiger charge is -2.75. The van der Waals surface area contributed by atoms with Crippen LogP contribution in [0.1, 0.15) is 122 Å². The number of carboxylic acid groups (broad SMARTS) is 1. The van der Waals surface area contributed by atoms with Crippen molar-refractivity contribution in [2.75, 3.05) is 19.6 Å². The average molecular weight is 677 g/mol. The Kier molecular flexibility index (Phi) is 7.82. The van der Waals surface area contributed by atoms with Gasteiger partial charge in [-0.1, -0.05) is 71.9 Å². The predicted octanol–water partition coefficient (Wildman–Crippen LogP) is 9.25. The molecule has 5 fully saturated rings. The number of alkyl halides is 2. The standard InChI is InChI=1S/C42H58F2N2O3/c1-26(2)29-13-20-41(45-33(47)23-46-24-42(43,44)25-46)22-21-40(8)38(6)18-15-31-36(3,4)30(27-9-11-28(12-10-27)35(48)49)14-17-37(31,5)32(38)16-19-39(40,7)34(29)41/h9-12,14,29,31-32,34H,1,13,15-25H2,2-8H3,(H,45,47)(H,48,49)/t29-,31?,32?,34?,37-,38+,39?,40-,41-/m0/s1. The number of benzene rings is 1. The lowest BCUT2D eigenvalue weighted by Crippen LogP contribution is -2.72. The fraction of sp³-hybridized carbons (Fsp3) is 0.714. The minimum absolute atomic E-state index is 0.00600. The molecule has 268 valence electrons. The SMILES string of the molecule is C=C(C)[C@@H]1CC[C@]2(NC(=O)CN3CC(F)(F)C3)CC[C@]3(C)C(C)(CCC4[C@@]5(C)CC=C(c6ccc(C(=O)O)cc6)C(C)(C)C5CC[C@]43C)C12. The lowest BCUT2D eigenvalue weighted by molar-refractivity contribution is -0.256. The van der Waals surface area contributed by atoms with Gasteiger partial charge in [-0.3, -0.25) is 9.69 Å². The minimum atomic E-state index is -2.68. The van der Waals surface area contributed by atoms with Gasteiger partial charge in [0.25, 0.3) is 5.92 Å². The first-order valence-corrected chi connectivity index (χ1v) is 18.8. The molecular formula is C42H58F2N2O3. The molecule has 6 aliphatic rings. The van der Waals surface area contributed by atoms with Gasteiger partial charge < -0.3 is 10.4 Å². The molecule has 5 aliphatic carbocycles. The molecule has 2 N–H and O–H groups in total. The third-order valence-corrected chi connectivity index (χ3v) is 16.5. The van der Waals surface area contributed by atoms with Crippen LogP contribution in [-0.4, -0.2) is 53.0 Å². The van der Waals surface area contributed by atoms with E-state index in [1.807, 2.05) is 12.1 Å². The van der Waals surface area contributed by atoms with E-state index in [4.69, 9.17) is 0 Å². The highest BCUT2D eigenvalue weighted by Crippen LogP contribution is 2.80. The van der Waals surface area contributed by atoms with Gasteiger partial charge in [0, 0.05) is 5.54 Å². The molecule has 5 nitrogen and oxygen atoms in total. The van der Waals surface area contributed by atoms with Crippen LogP contribution in [0.15, 0.2) is 42.5 Å². The van der Waals surface area contributed by atoms with Crippen molar-refractivity contribution >= 4 is 17.4 Å². The minimum Gasteiger partial charge on any atom is -0.478 e. The summed E-state index contributed by atoms with van der Waals surface area (Å²) in [5.41, 5.74) is 3.95. The number of carbonyl (C=O) groups is 2. The molecular weight excluding hydrogens is 618 g/mol. The Labute approximate surface area is 292 Å². The number of fused-ring (bicyclic) bond motifs is 7. The van der Waals surface area contributed by atoms with E-state index in [0.29, 0.717) is 23.3 Å². The number of rotatable bonds is 6. The van der Waals surface area contributed by atoms with E-state index >= 15 is 0 Å². The summed E-state index contributed by atoms with van der Waals surface area (Å²) in [6.45, 7) is 21.2. The zero-order chi connectivity index (χ0) is 35.6. The summed E-state index contributed by atoms with van der Waals surface area (Å²) in [4.78, 5) is 26.7. The second kappa shape index (κ2) is 11.0. The van der Waals surface area contributed by atoms with Gasteiger partial charge in [0.1, 0.15) is 0 Å². The summed E-state index contributed by atoms with van der Waals surface area (Å²) in [6, 6.07) is 7.45. The highest BCUT2D eigenvalue weighted by molar-refractivity contribution is 5.88. The van der Waals surface area contributed by atoms with Crippen molar-refractivity contribution in [3.8, 4) is 0 Å². The molecule has 4 saturated carbocycles. The molecule has 1 aliphatic heterocycles. The van der Waals surface area contributed by atoms with Gasteiger partial charge in [-0.2, -0.15) is 0 Å². The first-order chi connectivity index (χ1) is 22.7. The van der Waals surface area contributed by atoms with E-state index < -0.39 is 11.9 Å². The van der Waals surface area contributed by atoms with E-state index in [-0.39, 0.29) is 64.1 Å². The number of hydrogen-bond acceptors (Lipinski definition) is 3. The number of likely N-dealkylation sites (tertiary alicyclic amines) is 1. The normalized spacial score (nSPS) is 43.5. The van der Waals surface area contributed by atoms with Gasteiger partial charge in [0.2, 0.25) is 5.91 Å². The molecule has 49 heavy (non-hydrogen) atoms. The monoisotopic (exact) mass is 676 g/mol. The van der Waals surface area contributed by atoms with Gasteiger partial charge in [-0.25, -0.2) is 13.6 Å². The van der Waals surface area contributed by atoms with Gasteiger partial charge in [0.15, 0.2) is 0 Å². The number of hydrogen-bond donors (Lipinski definition) is 2. The second-order valence-electron chi connectivity index (χ2n) is 19.0. The third kappa shape index (κ3) is 4.82. The summed E-state index contributed by atoms with van der Waals surface area (Å²) < 4.78 is 27.2. The molecule has 7 rings (SSSR count). The second-order valence-corrected chi connectivity index (χ2v) is 19.0. The lowest BCUT2D eigenvalue weighted by atomic mass is 9.29. The molecule has 0 aromatic heterocycles. The van der Waals surface area contributed by atoms with Gasteiger partial charge in [-0.15, -0.1) is 0 Å². The number of allylic oxidation sites excluding steroid dienone is 3. The van der Waals surface area contributed by atoms with Crippen molar-refractivity contribution in [1.29, 1.82) is 0 Å². The van der Waals surface area contributed by atoms with Crippen LogP contribution in [0.4, 0.5) is 8.78 Å². The number of carboxylic acids is 1. The van der Waals surface area contributed by atoms with E-state index in [0.717, 1.165) is 56.9 Å². The molecule has 7 heteroatoms. The van der Waals surface area contributed by atoms with Gasteiger partial charge >= 0.3 is 5.97 Å². The number of halogens is 2. The zero-order valence-corrected chi connectivity index (χ0v) is 30.9.